The van der Waals surface area contributed by atoms with E-state index in [1.165, 1.54) is 0 Å². The minimum atomic E-state index is -0.00292. The van der Waals surface area contributed by atoms with Gasteiger partial charge in [-0.1, -0.05) is 38.8 Å². The van der Waals surface area contributed by atoms with E-state index in [-0.39, 0.29) is 18.4 Å². The molecule has 0 saturated heterocycles. The molecule has 0 bridgehead atoms. The van der Waals surface area contributed by atoms with E-state index in [0.717, 1.165) is 36.9 Å². The van der Waals surface area contributed by atoms with Gasteiger partial charge in [-0.2, -0.15) is 0 Å². The van der Waals surface area contributed by atoms with Gasteiger partial charge in [-0.3, -0.25) is 4.79 Å². The van der Waals surface area contributed by atoms with Gasteiger partial charge in [-0.15, -0.1) is 0 Å². The number of carbonyl (C=O) groups excluding carboxylic acids is 1. The maximum absolute atomic E-state index is 12.1. The Morgan fingerprint density at radius 2 is 1.94 bits per heavy atom. The molecule has 0 unspecified atom stereocenters. The van der Waals surface area contributed by atoms with E-state index in [1.54, 1.807) is 0 Å². The van der Waals surface area contributed by atoms with E-state index in [0.29, 0.717) is 0 Å². The van der Waals surface area contributed by atoms with Crippen LogP contribution >= 0.6 is 0 Å². The molecule has 3 heteroatoms. The number of hydrogen-bond acceptors (Lipinski definition) is 2. The zero-order chi connectivity index (χ0) is 13.4. The molecule has 2 N–H and O–H groups in total. The highest BCUT2D eigenvalue weighted by atomic mass is 16.3. The molecule has 0 radical (unpaired) electrons. The van der Waals surface area contributed by atoms with Crippen LogP contribution in [0.3, 0.4) is 0 Å². The summed E-state index contributed by atoms with van der Waals surface area (Å²) in [4.78, 5) is 12.1. The Labute approximate surface area is 109 Å². The Bertz CT molecular complexity index is 371. The first-order chi connectivity index (χ1) is 8.71. The quantitative estimate of drug-likeness (QED) is 0.778. The number of benzene rings is 1. The molecule has 1 rings (SSSR count). The van der Waals surface area contributed by atoms with Crippen LogP contribution < -0.4 is 5.32 Å². The number of hydrogen-bond donors (Lipinski definition) is 2. The standard InChI is InChI=1S/C15H23NO2/c1-3-6-13(7-4-2)15(18)16-14-9-5-8-12(10-14)11-17/h5,8-10,13,17H,3-4,6-7,11H2,1-2H3,(H,16,18). The van der Waals surface area contributed by atoms with Crippen LogP contribution in [-0.2, 0) is 11.4 Å². The van der Waals surface area contributed by atoms with Crippen LogP contribution in [0, 0.1) is 5.92 Å². The van der Waals surface area contributed by atoms with Gasteiger partial charge in [0.25, 0.3) is 0 Å². The van der Waals surface area contributed by atoms with Crippen LogP contribution in [0.15, 0.2) is 24.3 Å². The molecule has 0 aliphatic rings. The Kier molecular flexibility index (Phi) is 6.44. The molecule has 0 aliphatic heterocycles. The van der Waals surface area contributed by atoms with Crippen molar-refractivity contribution in [2.45, 2.75) is 46.1 Å². The first-order valence-corrected chi connectivity index (χ1v) is 6.71. The van der Waals surface area contributed by atoms with E-state index >= 15 is 0 Å². The van der Waals surface area contributed by atoms with Crippen LogP contribution in [0.2, 0.25) is 0 Å². The smallest absolute Gasteiger partial charge is 0.227 e. The summed E-state index contributed by atoms with van der Waals surface area (Å²) >= 11 is 0. The Hall–Kier alpha value is -1.35. The molecule has 1 amide bonds. The van der Waals surface area contributed by atoms with Crippen LogP contribution in [0.1, 0.15) is 45.1 Å². The zero-order valence-corrected chi connectivity index (χ0v) is 11.3. The van der Waals surface area contributed by atoms with Gasteiger partial charge in [0.1, 0.15) is 0 Å². The molecule has 18 heavy (non-hydrogen) atoms. The lowest BCUT2D eigenvalue weighted by atomic mass is 9.97. The summed E-state index contributed by atoms with van der Waals surface area (Å²) in [5, 5.41) is 12.0. The largest absolute Gasteiger partial charge is 0.392 e. The van der Waals surface area contributed by atoms with Crippen LogP contribution in [0.4, 0.5) is 5.69 Å². The Balaban J connectivity index is 2.66. The molecule has 0 aliphatic carbocycles. The van der Waals surface area contributed by atoms with Crippen molar-refractivity contribution in [3.05, 3.63) is 29.8 Å². The third-order valence-corrected chi connectivity index (χ3v) is 3.02. The SMILES string of the molecule is CCCC(CCC)C(=O)Nc1cccc(CO)c1. The highest BCUT2D eigenvalue weighted by molar-refractivity contribution is 5.92. The van der Waals surface area contributed by atoms with Gasteiger partial charge in [-0.05, 0) is 30.5 Å². The van der Waals surface area contributed by atoms with Crippen molar-refractivity contribution in [1.29, 1.82) is 0 Å². The van der Waals surface area contributed by atoms with Gasteiger partial charge in [0.2, 0.25) is 5.91 Å². The van der Waals surface area contributed by atoms with E-state index in [2.05, 4.69) is 19.2 Å². The number of carbonyl (C=O) groups is 1. The van der Waals surface area contributed by atoms with Crippen molar-refractivity contribution in [3.63, 3.8) is 0 Å². The van der Waals surface area contributed by atoms with Gasteiger partial charge in [0.05, 0.1) is 6.61 Å². The third-order valence-electron chi connectivity index (χ3n) is 3.02. The molecule has 0 saturated carbocycles. The summed E-state index contributed by atoms with van der Waals surface area (Å²) in [5.41, 5.74) is 1.58. The number of amides is 1. The molecule has 3 nitrogen and oxygen atoms in total. The fraction of sp³-hybridized carbons (Fsp3) is 0.533. The van der Waals surface area contributed by atoms with Crippen molar-refractivity contribution in [3.8, 4) is 0 Å². The Morgan fingerprint density at radius 3 is 2.50 bits per heavy atom. The van der Waals surface area contributed by atoms with Gasteiger partial charge in [0, 0.05) is 11.6 Å². The van der Waals surface area contributed by atoms with Crippen molar-refractivity contribution in [2.75, 3.05) is 5.32 Å². The van der Waals surface area contributed by atoms with Gasteiger partial charge in [-0.25, -0.2) is 0 Å². The summed E-state index contributed by atoms with van der Waals surface area (Å²) in [6.45, 7) is 4.20. The molecule has 0 aromatic heterocycles. The van der Waals surface area contributed by atoms with Crippen LogP contribution in [0.5, 0.6) is 0 Å². The first-order valence-electron chi connectivity index (χ1n) is 6.71. The van der Waals surface area contributed by atoms with E-state index in [4.69, 9.17) is 5.11 Å². The highest BCUT2D eigenvalue weighted by Gasteiger charge is 2.16. The first kappa shape index (κ1) is 14.7. The molecular weight excluding hydrogens is 226 g/mol. The number of aliphatic hydroxyl groups is 1. The molecule has 1 aromatic carbocycles. The van der Waals surface area contributed by atoms with Gasteiger partial charge < -0.3 is 10.4 Å². The number of nitrogens with one attached hydrogen (secondary N) is 1. The highest BCUT2D eigenvalue weighted by Crippen LogP contribution is 2.17. The molecule has 0 heterocycles. The Morgan fingerprint density at radius 1 is 1.28 bits per heavy atom. The van der Waals surface area contributed by atoms with Crippen molar-refractivity contribution < 1.29 is 9.90 Å². The summed E-state index contributed by atoms with van der Waals surface area (Å²) in [7, 11) is 0. The van der Waals surface area contributed by atoms with Crippen LogP contribution in [-0.4, -0.2) is 11.0 Å². The third kappa shape index (κ3) is 4.49. The number of rotatable bonds is 7. The number of aliphatic hydroxyl groups excluding tert-OH is 1. The van der Waals surface area contributed by atoms with Crippen LogP contribution in [0.25, 0.3) is 0 Å². The summed E-state index contributed by atoms with van der Waals surface area (Å²) in [6, 6.07) is 7.35. The second-order valence-corrected chi connectivity index (χ2v) is 4.62. The molecular formula is C15H23NO2. The average Bonchev–Trinajstić information content (AvgIpc) is 2.38. The maximum atomic E-state index is 12.1. The summed E-state index contributed by atoms with van der Waals surface area (Å²) in [5.74, 6) is 0.187. The van der Waals surface area contributed by atoms with Gasteiger partial charge >= 0.3 is 0 Å². The van der Waals surface area contributed by atoms with Crippen molar-refractivity contribution >= 4 is 11.6 Å². The minimum Gasteiger partial charge on any atom is -0.392 e. The fourth-order valence-electron chi connectivity index (χ4n) is 2.10. The second kappa shape index (κ2) is 7.88. The van der Waals surface area contributed by atoms with Gasteiger partial charge in [0.15, 0.2) is 0 Å². The minimum absolute atomic E-state index is 0.00292. The molecule has 100 valence electrons. The van der Waals surface area contributed by atoms with E-state index in [9.17, 15) is 4.79 Å². The lowest BCUT2D eigenvalue weighted by Crippen LogP contribution is -2.22. The zero-order valence-electron chi connectivity index (χ0n) is 11.3. The predicted octanol–water partition coefficient (Wildman–Crippen LogP) is 3.33. The molecule has 1 aromatic rings. The lowest BCUT2D eigenvalue weighted by Gasteiger charge is -2.15. The fourth-order valence-corrected chi connectivity index (χ4v) is 2.10. The number of anilines is 1. The molecule has 0 fully saturated rings. The summed E-state index contributed by atoms with van der Waals surface area (Å²) in [6.07, 6.45) is 3.91. The average molecular weight is 249 g/mol. The molecule has 0 atom stereocenters. The normalized spacial score (nSPS) is 10.7. The topological polar surface area (TPSA) is 49.3 Å². The van der Waals surface area contributed by atoms with E-state index in [1.807, 2.05) is 24.3 Å². The maximum Gasteiger partial charge on any atom is 0.227 e. The lowest BCUT2D eigenvalue weighted by molar-refractivity contribution is -0.120. The molecule has 0 spiro atoms. The van der Waals surface area contributed by atoms with E-state index < -0.39 is 0 Å². The van der Waals surface area contributed by atoms with Crippen molar-refractivity contribution in [2.24, 2.45) is 5.92 Å². The monoisotopic (exact) mass is 249 g/mol. The predicted molar refractivity (Wildman–Crippen MR) is 74.3 cm³/mol. The summed E-state index contributed by atoms with van der Waals surface area (Å²) < 4.78 is 0. The van der Waals surface area contributed by atoms with Crippen molar-refractivity contribution in [1.82, 2.24) is 0 Å². The second-order valence-electron chi connectivity index (χ2n) is 4.62.